The van der Waals surface area contributed by atoms with Crippen molar-refractivity contribution in [3.63, 3.8) is 0 Å². The number of aryl methyl sites for hydroxylation is 1. The van der Waals surface area contributed by atoms with Crippen LogP contribution in [0.3, 0.4) is 0 Å². The summed E-state index contributed by atoms with van der Waals surface area (Å²) < 4.78 is 0. The molecule has 0 fully saturated rings. The molecule has 0 amide bonds. The second-order valence-electron chi connectivity index (χ2n) is 4.62. The van der Waals surface area contributed by atoms with Gasteiger partial charge in [-0.3, -0.25) is 0 Å². The summed E-state index contributed by atoms with van der Waals surface area (Å²) in [6, 6.07) is 8.77. The van der Waals surface area contributed by atoms with Crippen LogP contribution in [-0.4, -0.2) is 7.05 Å². The van der Waals surface area contributed by atoms with Crippen LogP contribution in [0.2, 0.25) is 0 Å². The number of nitrogens with zero attached hydrogens (tertiary/aromatic N) is 1. The molecule has 1 aromatic carbocycles. The van der Waals surface area contributed by atoms with E-state index in [4.69, 9.17) is 0 Å². The largest absolute Gasteiger partial charge is 0.344 e. The van der Waals surface area contributed by atoms with E-state index >= 15 is 0 Å². The molecule has 1 aliphatic heterocycles. The molecule has 0 unspecified atom stereocenters. The molecule has 0 atom stereocenters. The van der Waals surface area contributed by atoms with E-state index in [1.807, 2.05) is 27.7 Å². The van der Waals surface area contributed by atoms with E-state index in [2.05, 4.69) is 48.4 Å². The third kappa shape index (κ3) is 3.53. The average Bonchev–Trinajstić information content (AvgIpc) is 2.70. The lowest BCUT2D eigenvalue weighted by molar-refractivity contribution is 0.830. The predicted molar refractivity (Wildman–Crippen MR) is 91.3 cm³/mol. The normalized spacial score (nSPS) is 15.9. The summed E-state index contributed by atoms with van der Waals surface area (Å²) in [5, 5.41) is 0. The van der Waals surface area contributed by atoms with Crippen LogP contribution in [0.4, 0.5) is 5.69 Å². The Bertz CT molecular complexity index is 468. The standard InChI is InChI=1S/C15H17N.2C2H6/c1-16-14-8-4-2-6-12(14)10-11-13-7-3-5-9-15(13)16;2*1-2/h2,4-6,8-9H,3,7,10-11H2,1H3;2*1-2H3. The molecule has 0 saturated carbocycles. The first-order valence-electron chi connectivity index (χ1n) is 8.06. The highest BCUT2D eigenvalue weighted by molar-refractivity contribution is 5.62. The van der Waals surface area contributed by atoms with Gasteiger partial charge in [-0.25, -0.2) is 0 Å². The van der Waals surface area contributed by atoms with Crippen LogP contribution in [0, 0.1) is 0 Å². The molecule has 0 spiro atoms. The minimum absolute atomic E-state index is 1.19. The van der Waals surface area contributed by atoms with Crippen molar-refractivity contribution in [3.8, 4) is 0 Å². The molecule has 0 bridgehead atoms. The molecule has 20 heavy (non-hydrogen) atoms. The van der Waals surface area contributed by atoms with E-state index in [0.29, 0.717) is 0 Å². The zero-order valence-corrected chi connectivity index (χ0v) is 13.7. The van der Waals surface area contributed by atoms with Crippen LogP contribution >= 0.6 is 0 Å². The molecule has 1 aliphatic carbocycles. The molecular weight excluding hydrogens is 242 g/mol. The Labute approximate surface area is 125 Å². The predicted octanol–water partition coefficient (Wildman–Crippen LogP) is 5.73. The minimum Gasteiger partial charge on any atom is -0.344 e. The van der Waals surface area contributed by atoms with Crippen molar-refractivity contribution >= 4 is 5.69 Å². The molecule has 110 valence electrons. The lowest BCUT2D eigenvalue weighted by Crippen LogP contribution is -2.17. The maximum atomic E-state index is 2.35. The lowest BCUT2D eigenvalue weighted by atomic mass is 9.97. The van der Waals surface area contributed by atoms with E-state index in [1.54, 1.807) is 5.57 Å². The Morgan fingerprint density at radius 1 is 0.900 bits per heavy atom. The third-order valence-corrected chi connectivity index (χ3v) is 3.66. The zero-order valence-electron chi connectivity index (χ0n) is 13.7. The van der Waals surface area contributed by atoms with Crippen LogP contribution in [0.15, 0.2) is 47.7 Å². The molecule has 0 saturated heterocycles. The number of para-hydroxylation sites is 1. The molecule has 1 heterocycles. The van der Waals surface area contributed by atoms with Gasteiger partial charge < -0.3 is 4.90 Å². The Balaban J connectivity index is 0.000000461. The molecule has 3 rings (SSSR count). The van der Waals surface area contributed by atoms with Crippen molar-refractivity contribution < 1.29 is 0 Å². The first-order chi connectivity index (χ1) is 9.86. The van der Waals surface area contributed by atoms with E-state index in [-0.39, 0.29) is 0 Å². The highest BCUT2D eigenvalue weighted by atomic mass is 15.1. The van der Waals surface area contributed by atoms with E-state index < -0.39 is 0 Å². The van der Waals surface area contributed by atoms with Gasteiger partial charge in [-0.15, -0.1) is 0 Å². The van der Waals surface area contributed by atoms with E-state index in [1.165, 1.54) is 42.6 Å². The van der Waals surface area contributed by atoms with Gasteiger partial charge in [-0.2, -0.15) is 0 Å². The van der Waals surface area contributed by atoms with Crippen LogP contribution in [0.25, 0.3) is 0 Å². The molecule has 1 nitrogen and oxygen atoms in total. The molecular formula is C19H29N. The van der Waals surface area contributed by atoms with Crippen molar-refractivity contribution in [1.29, 1.82) is 0 Å². The van der Waals surface area contributed by atoms with Gasteiger partial charge >= 0.3 is 0 Å². The molecule has 2 aliphatic rings. The number of allylic oxidation sites excluding steroid dienone is 3. The molecule has 1 aromatic rings. The highest BCUT2D eigenvalue weighted by Gasteiger charge is 2.19. The van der Waals surface area contributed by atoms with Gasteiger partial charge in [0.05, 0.1) is 0 Å². The van der Waals surface area contributed by atoms with Gasteiger partial charge in [-0.1, -0.05) is 52.0 Å². The molecule has 1 heteroatoms. The summed E-state index contributed by atoms with van der Waals surface area (Å²) in [6.45, 7) is 8.00. The zero-order chi connectivity index (χ0) is 15.0. The topological polar surface area (TPSA) is 3.24 Å². The van der Waals surface area contributed by atoms with Gasteiger partial charge in [0.2, 0.25) is 0 Å². The summed E-state index contributed by atoms with van der Waals surface area (Å²) in [5.41, 5.74) is 5.91. The number of benzene rings is 1. The number of fused-ring (bicyclic) bond motifs is 1. The SMILES string of the molecule is CC.CC.CN1C2=C(CCC=C2)CCc2ccccc21. The fourth-order valence-electron chi connectivity index (χ4n) is 2.77. The van der Waals surface area contributed by atoms with Crippen LogP contribution in [-0.2, 0) is 6.42 Å². The van der Waals surface area contributed by atoms with E-state index in [0.717, 1.165) is 0 Å². The highest BCUT2D eigenvalue weighted by Crippen LogP contribution is 2.34. The Kier molecular flexibility index (Phi) is 7.14. The first-order valence-corrected chi connectivity index (χ1v) is 8.06. The van der Waals surface area contributed by atoms with Crippen molar-refractivity contribution in [2.24, 2.45) is 0 Å². The number of anilines is 1. The van der Waals surface area contributed by atoms with Crippen LogP contribution in [0.5, 0.6) is 0 Å². The molecule has 0 radical (unpaired) electrons. The van der Waals surface area contributed by atoms with Crippen LogP contribution < -0.4 is 4.90 Å². The van der Waals surface area contributed by atoms with Crippen molar-refractivity contribution in [3.05, 3.63) is 53.3 Å². The molecule has 0 N–H and O–H groups in total. The van der Waals surface area contributed by atoms with Gasteiger partial charge in [0.15, 0.2) is 0 Å². The number of likely N-dealkylation sites (N-methyl/N-ethyl adjacent to an activating group) is 1. The number of hydrogen-bond donors (Lipinski definition) is 0. The van der Waals surface area contributed by atoms with Crippen LogP contribution in [0.1, 0.15) is 52.5 Å². The quantitative estimate of drug-likeness (QED) is 0.583. The first kappa shape index (κ1) is 16.6. The van der Waals surface area contributed by atoms with Gasteiger partial charge in [0, 0.05) is 18.4 Å². The van der Waals surface area contributed by atoms with Gasteiger partial charge in [0.25, 0.3) is 0 Å². The summed E-state index contributed by atoms with van der Waals surface area (Å²) in [5.74, 6) is 0. The summed E-state index contributed by atoms with van der Waals surface area (Å²) >= 11 is 0. The second kappa shape index (κ2) is 8.63. The van der Waals surface area contributed by atoms with Gasteiger partial charge in [0.1, 0.15) is 0 Å². The summed E-state index contributed by atoms with van der Waals surface area (Å²) in [6.07, 6.45) is 9.45. The third-order valence-electron chi connectivity index (χ3n) is 3.66. The fourth-order valence-corrected chi connectivity index (χ4v) is 2.77. The minimum atomic E-state index is 1.19. The molecule has 0 aromatic heterocycles. The summed E-state index contributed by atoms with van der Waals surface area (Å²) in [4.78, 5) is 2.35. The maximum Gasteiger partial charge on any atom is 0.0440 e. The second-order valence-corrected chi connectivity index (χ2v) is 4.62. The fraction of sp³-hybridized carbons (Fsp3) is 0.474. The summed E-state index contributed by atoms with van der Waals surface area (Å²) in [7, 11) is 2.19. The number of hydrogen-bond acceptors (Lipinski definition) is 1. The Morgan fingerprint density at radius 2 is 1.60 bits per heavy atom. The van der Waals surface area contributed by atoms with Crippen molar-refractivity contribution in [2.45, 2.75) is 53.4 Å². The lowest BCUT2D eigenvalue weighted by Gasteiger charge is -2.24. The average molecular weight is 271 g/mol. The Morgan fingerprint density at radius 3 is 2.35 bits per heavy atom. The van der Waals surface area contributed by atoms with Gasteiger partial charge in [-0.05, 0) is 49.0 Å². The van der Waals surface area contributed by atoms with Crippen molar-refractivity contribution in [1.82, 2.24) is 0 Å². The number of rotatable bonds is 0. The van der Waals surface area contributed by atoms with E-state index in [9.17, 15) is 0 Å². The Hall–Kier alpha value is -1.50. The maximum absolute atomic E-state index is 2.35. The monoisotopic (exact) mass is 271 g/mol. The van der Waals surface area contributed by atoms with Crippen molar-refractivity contribution in [2.75, 3.05) is 11.9 Å². The smallest absolute Gasteiger partial charge is 0.0440 e.